The minimum absolute atomic E-state index is 0.340. The molecule has 0 fully saturated rings. The average molecular weight is 329 g/mol. The fourth-order valence-corrected chi connectivity index (χ4v) is 2.05. The van der Waals surface area contributed by atoms with Crippen LogP contribution in [0.3, 0.4) is 0 Å². The minimum atomic E-state index is -0.340. The number of benzene rings is 1. The number of nitrogens with zero attached hydrogens (tertiary/aromatic N) is 2. The Balaban J connectivity index is 1.85. The van der Waals surface area contributed by atoms with Gasteiger partial charge in [0.1, 0.15) is 0 Å². The van der Waals surface area contributed by atoms with E-state index in [0.29, 0.717) is 25.0 Å². The van der Waals surface area contributed by atoms with Crippen molar-refractivity contribution in [1.29, 1.82) is 0 Å². The van der Waals surface area contributed by atoms with Crippen LogP contribution >= 0.6 is 0 Å². The van der Waals surface area contributed by atoms with Gasteiger partial charge in [-0.15, -0.1) is 0 Å². The molecule has 24 heavy (non-hydrogen) atoms. The number of anilines is 1. The number of ether oxygens (including phenoxy) is 1. The summed E-state index contributed by atoms with van der Waals surface area (Å²) in [6.07, 6.45) is 3.95. The van der Waals surface area contributed by atoms with Crippen molar-refractivity contribution in [2.45, 2.75) is 33.7 Å². The Hall–Kier alpha value is -2.63. The summed E-state index contributed by atoms with van der Waals surface area (Å²) in [4.78, 5) is 15.6. The number of aromatic nitrogens is 2. The highest BCUT2D eigenvalue weighted by Crippen LogP contribution is 2.12. The quantitative estimate of drug-likeness (QED) is 0.590. The largest absolute Gasteiger partial charge is 0.463 e. The van der Waals surface area contributed by atoms with Gasteiger partial charge in [0.25, 0.3) is 0 Å². The first kappa shape index (κ1) is 17.7. The van der Waals surface area contributed by atoms with Gasteiger partial charge in [0.05, 0.1) is 13.2 Å². The standard InChI is InChI=1S/C18H23N3O3/c1-4-23-18(22)10-7-14-5-8-15(9-6-14)19-12-17-20-16(21-24-17)11-13(2)3/h5-10,13,19H,4,11-12H2,1-3H3/b10-7+. The normalized spacial score (nSPS) is 11.2. The molecule has 1 aromatic carbocycles. The van der Waals surface area contributed by atoms with Crippen molar-refractivity contribution in [2.24, 2.45) is 5.92 Å². The van der Waals surface area contributed by atoms with Crippen LogP contribution in [0.4, 0.5) is 5.69 Å². The van der Waals surface area contributed by atoms with E-state index >= 15 is 0 Å². The van der Waals surface area contributed by atoms with Crippen LogP contribution < -0.4 is 5.32 Å². The molecule has 0 aliphatic heterocycles. The van der Waals surface area contributed by atoms with Crippen LogP contribution in [-0.4, -0.2) is 22.7 Å². The zero-order valence-electron chi connectivity index (χ0n) is 14.3. The van der Waals surface area contributed by atoms with Crippen molar-refractivity contribution in [3.05, 3.63) is 47.6 Å². The summed E-state index contributed by atoms with van der Waals surface area (Å²) >= 11 is 0. The molecule has 1 N–H and O–H groups in total. The monoisotopic (exact) mass is 329 g/mol. The maximum atomic E-state index is 11.3. The van der Waals surface area contributed by atoms with E-state index < -0.39 is 0 Å². The van der Waals surface area contributed by atoms with Crippen LogP contribution in [0.2, 0.25) is 0 Å². The summed E-state index contributed by atoms with van der Waals surface area (Å²) in [5, 5.41) is 7.19. The molecule has 0 spiro atoms. The zero-order chi connectivity index (χ0) is 17.4. The maximum Gasteiger partial charge on any atom is 0.330 e. The molecule has 0 saturated heterocycles. The molecule has 0 radical (unpaired) electrons. The highest BCUT2D eigenvalue weighted by atomic mass is 16.5. The number of nitrogens with one attached hydrogen (secondary N) is 1. The molecule has 0 amide bonds. The molecule has 1 aromatic heterocycles. The predicted octanol–water partition coefficient (Wildman–Crippen LogP) is 3.46. The van der Waals surface area contributed by atoms with Gasteiger partial charge in [-0.25, -0.2) is 4.79 Å². The summed E-state index contributed by atoms with van der Waals surface area (Å²) in [6, 6.07) is 7.68. The molecule has 0 unspecified atom stereocenters. The summed E-state index contributed by atoms with van der Waals surface area (Å²) < 4.78 is 10.1. The van der Waals surface area contributed by atoms with Gasteiger partial charge in [0.15, 0.2) is 5.82 Å². The molecule has 128 valence electrons. The summed E-state index contributed by atoms with van der Waals surface area (Å²) in [5.41, 5.74) is 1.86. The Kier molecular flexibility index (Phi) is 6.54. The van der Waals surface area contributed by atoms with Gasteiger partial charge < -0.3 is 14.6 Å². The summed E-state index contributed by atoms with van der Waals surface area (Å²) in [7, 11) is 0. The number of hydrogen-bond donors (Lipinski definition) is 1. The molecule has 2 rings (SSSR count). The van der Waals surface area contributed by atoms with Gasteiger partial charge >= 0.3 is 5.97 Å². The molecular formula is C18H23N3O3. The molecule has 0 atom stereocenters. The van der Waals surface area contributed by atoms with Crippen molar-refractivity contribution in [1.82, 2.24) is 10.1 Å². The van der Waals surface area contributed by atoms with E-state index in [1.165, 1.54) is 6.08 Å². The van der Waals surface area contributed by atoms with E-state index in [9.17, 15) is 4.79 Å². The van der Waals surface area contributed by atoms with E-state index in [1.54, 1.807) is 13.0 Å². The fourth-order valence-electron chi connectivity index (χ4n) is 2.05. The number of carbonyl (C=O) groups excluding carboxylic acids is 1. The Morgan fingerprint density at radius 3 is 2.75 bits per heavy atom. The molecule has 0 bridgehead atoms. The predicted molar refractivity (Wildman–Crippen MR) is 92.3 cm³/mol. The first-order chi connectivity index (χ1) is 11.6. The third-order valence-corrected chi connectivity index (χ3v) is 3.15. The minimum Gasteiger partial charge on any atom is -0.463 e. The average Bonchev–Trinajstić information content (AvgIpc) is 2.99. The number of rotatable bonds is 8. The lowest BCUT2D eigenvalue weighted by atomic mass is 10.1. The third-order valence-electron chi connectivity index (χ3n) is 3.15. The highest BCUT2D eigenvalue weighted by molar-refractivity contribution is 5.87. The third kappa shape index (κ3) is 5.87. The van der Waals surface area contributed by atoms with Gasteiger partial charge in [0.2, 0.25) is 5.89 Å². The van der Waals surface area contributed by atoms with Crippen molar-refractivity contribution < 1.29 is 14.1 Å². The van der Waals surface area contributed by atoms with Crippen molar-refractivity contribution >= 4 is 17.7 Å². The lowest BCUT2D eigenvalue weighted by molar-refractivity contribution is -0.137. The van der Waals surface area contributed by atoms with Crippen LogP contribution in [-0.2, 0) is 22.5 Å². The molecule has 0 aliphatic carbocycles. The van der Waals surface area contributed by atoms with Crippen LogP contribution in [0.1, 0.15) is 38.0 Å². The second-order valence-corrected chi connectivity index (χ2v) is 5.76. The first-order valence-electron chi connectivity index (χ1n) is 8.07. The van der Waals surface area contributed by atoms with Gasteiger partial charge in [-0.05, 0) is 36.6 Å². The SMILES string of the molecule is CCOC(=O)/C=C/c1ccc(NCc2nc(CC(C)C)no2)cc1. The Morgan fingerprint density at radius 2 is 2.08 bits per heavy atom. The number of hydrogen-bond acceptors (Lipinski definition) is 6. The van der Waals surface area contributed by atoms with Crippen LogP contribution in [0.5, 0.6) is 0 Å². The molecular weight excluding hydrogens is 306 g/mol. The second-order valence-electron chi connectivity index (χ2n) is 5.76. The van der Waals surface area contributed by atoms with Crippen molar-refractivity contribution in [3.63, 3.8) is 0 Å². The lowest BCUT2D eigenvalue weighted by Crippen LogP contribution is -2.01. The van der Waals surface area contributed by atoms with Crippen LogP contribution in [0, 0.1) is 5.92 Å². The maximum absolute atomic E-state index is 11.3. The number of carbonyl (C=O) groups is 1. The van der Waals surface area contributed by atoms with E-state index in [-0.39, 0.29) is 5.97 Å². The van der Waals surface area contributed by atoms with Crippen molar-refractivity contribution in [3.8, 4) is 0 Å². The second kappa shape index (κ2) is 8.86. The van der Waals surface area contributed by atoms with Crippen molar-refractivity contribution in [2.75, 3.05) is 11.9 Å². The Bertz CT molecular complexity index is 675. The zero-order valence-corrected chi connectivity index (χ0v) is 14.3. The van der Waals surface area contributed by atoms with Gasteiger partial charge in [-0.1, -0.05) is 31.1 Å². The van der Waals surface area contributed by atoms with E-state index in [4.69, 9.17) is 9.26 Å². The molecule has 1 heterocycles. The molecule has 2 aromatic rings. The topological polar surface area (TPSA) is 77.2 Å². The smallest absolute Gasteiger partial charge is 0.330 e. The molecule has 0 aliphatic rings. The van der Waals surface area contributed by atoms with E-state index in [0.717, 1.165) is 23.5 Å². The molecule has 0 saturated carbocycles. The first-order valence-corrected chi connectivity index (χ1v) is 8.07. The summed E-state index contributed by atoms with van der Waals surface area (Å²) in [5.74, 6) is 1.46. The van der Waals surface area contributed by atoms with E-state index in [1.807, 2.05) is 24.3 Å². The highest BCUT2D eigenvalue weighted by Gasteiger charge is 2.07. The Labute approximate surface area is 141 Å². The van der Waals surface area contributed by atoms with Gasteiger partial charge in [-0.2, -0.15) is 4.98 Å². The molecule has 6 nitrogen and oxygen atoms in total. The van der Waals surface area contributed by atoms with Crippen LogP contribution in [0.15, 0.2) is 34.9 Å². The Morgan fingerprint density at radius 1 is 1.33 bits per heavy atom. The van der Waals surface area contributed by atoms with Gasteiger partial charge in [-0.3, -0.25) is 0 Å². The van der Waals surface area contributed by atoms with Gasteiger partial charge in [0, 0.05) is 18.2 Å². The molecule has 6 heteroatoms. The summed E-state index contributed by atoms with van der Waals surface area (Å²) in [6.45, 7) is 6.86. The van der Waals surface area contributed by atoms with E-state index in [2.05, 4.69) is 29.3 Å². The fraction of sp³-hybridized carbons (Fsp3) is 0.389. The lowest BCUT2D eigenvalue weighted by Gasteiger charge is -2.03. The van der Waals surface area contributed by atoms with Crippen LogP contribution in [0.25, 0.3) is 6.08 Å². The number of esters is 1.